The lowest BCUT2D eigenvalue weighted by atomic mass is 10.0. The number of aromatic nitrogens is 2. The first-order valence-corrected chi connectivity index (χ1v) is 13.3. The SMILES string of the molecule is CCCCC(Oc1cccc(N(C)C(=O)c2cnc(CCC)nc2N2CCCC2)c1)c1ccccc1. The smallest absolute Gasteiger partial charge is 0.263 e. The third kappa shape index (κ3) is 6.23. The topological polar surface area (TPSA) is 58.6 Å². The van der Waals surface area contributed by atoms with E-state index < -0.39 is 0 Å². The number of amides is 1. The van der Waals surface area contributed by atoms with Gasteiger partial charge in [0.05, 0.1) is 0 Å². The molecule has 2 aromatic carbocycles. The molecule has 1 aliphatic rings. The number of unbranched alkanes of at least 4 members (excludes halogenated alkanes) is 1. The van der Waals surface area contributed by atoms with E-state index in [1.807, 2.05) is 42.5 Å². The molecule has 190 valence electrons. The Labute approximate surface area is 215 Å². The van der Waals surface area contributed by atoms with E-state index in [9.17, 15) is 4.79 Å². The van der Waals surface area contributed by atoms with Crippen molar-refractivity contribution in [1.29, 1.82) is 0 Å². The van der Waals surface area contributed by atoms with E-state index in [-0.39, 0.29) is 12.0 Å². The number of nitrogens with zero attached hydrogens (tertiary/aromatic N) is 4. The molecule has 0 radical (unpaired) electrons. The molecule has 1 saturated heterocycles. The molecular formula is C30H38N4O2. The van der Waals surface area contributed by atoms with Crippen LogP contribution in [0.15, 0.2) is 60.8 Å². The van der Waals surface area contributed by atoms with E-state index in [4.69, 9.17) is 9.72 Å². The molecule has 6 nitrogen and oxygen atoms in total. The highest BCUT2D eigenvalue weighted by atomic mass is 16.5. The van der Waals surface area contributed by atoms with Crippen LogP contribution in [-0.2, 0) is 6.42 Å². The molecule has 1 aliphatic heterocycles. The van der Waals surface area contributed by atoms with Crippen molar-refractivity contribution in [3.63, 3.8) is 0 Å². The second-order valence-electron chi connectivity index (χ2n) is 9.49. The van der Waals surface area contributed by atoms with Crippen LogP contribution in [0.2, 0.25) is 0 Å². The molecule has 0 bridgehead atoms. The average Bonchev–Trinajstić information content (AvgIpc) is 3.46. The van der Waals surface area contributed by atoms with Gasteiger partial charge in [0, 0.05) is 44.5 Å². The molecule has 0 spiro atoms. The van der Waals surface area contributed by atoms with Gasteiger partial charge in [0.2, 0.25) is 0 Å². The maximum atomic E-state index is 13.7. The predicted molar refractivity (Wildman–Crippen MR) is 146 cm³/mol. The quantitative estimate of drug-likeness (QED) is 0.305. The first-order valence-electron chi connectivity index (χ1n) is 13.3. The monoisotopic (exact) mass is 486 g/mol. The Morgan fingerprint density at radius 2 is 1.83 bits per heavy atom. The van der Waals surface area contributed by atoms with Crippen LogP contribution in [0.3, 0.4) is 0 Å². The van der Waals surface area contributed by atoms with Gasteiger partial charge in [-0.05, 0) is 49.8 Å². The van der Waals surface area contributed by atoms with Gasteiger partial charge in [-0.1, -0.05) is 56.7 Å². The molecule has 1 atom stereocenters. The fourth-order valence-electron chi connectivity index (χ4n) is 4.65. The van der Waals surface area contributed by atoms with Gasteiger partial charge < -0.3 is 14.5 Å². The van der Waals surface area contributed by atoms with E-state index in [2.05, 4.69) is 35.9 Å². The molecule has 3 aromatic rings. The number of hydrogen-bond donors (Lipinski definition) is 0. The third-order valence-electron chi connectivity index (χ3n) is 6.71. The van der Waals surface area contributed by atoms with Gasteiger partial charge >= 0.3 is 0 Å². The van der Waals surface area contributed by atoms with Crippen LogP contribution >= 0.6 is 0 Å². The maximum Gasteiger partial charge on any atom is 0.263 e. The van der Waals surface area contributed by atoms with Crippen LogP contribution in [0.4, 0.5) is 11.5 Å². The maximum absolute atomic E-state index is 13.7. The van der Waals surface area contributed by atoms with Gasteiger partial charge in [0.1, 0.15) is 29.1 Å². The molecule has 1 unspecified atom stereocenters. The Morgan fingerprint density at radius 3 is 2.56 bits per heavy atom. The van der Waals surface area contributed by atoms with Gasteiger partial charge in [-0.3, -0.25) is 4.79 Å². The molecule has 1 fully saturated rings. The van der Waals surface area contributed by atoms with Crippen molar-refractivity contribution in [2.24, 2.45) is 0 Å². The largest absolute Gasteiger partial charge is 0.486 e. The summed E-state index contributed by atoms with van der Waals surface area (Å²) < 4.78 is 6.46. The summed E-state index contributed by atoms with van der Waals surface area (Å²) >= 11 is 0. The summed E-state index contributed by atoms with van der Waals surface area (Å²) in [6, 6.07) is 18.1. The van der Waals surface area contributed by atoms with Gasteiger partial charge in [-0.2, -0.15) is 0 Å². The minimum Gasteiger partial charge on any atom is -0.486 e. The van der Waals surface area contributed by atoms with E-state index in [1.165, 1.54) is 5.56 Å². The molecule has 0 saturated carbocycles. The van der Waals surface area contributed by atoms with Crippen LogP contribution < -0.4 is 14.5 Å². The number of rotatable bonds is 11. The Balaban J connectivity index is 1.57. The zero-order valence-corrected chi connectivity index (χ0v) is 21.8. The van der Waals surface area contributed by atoms with Crippen LogP contribution in [0, 0.1) is 0 Å². The van der Waals surface area contributed by atoms with Crippen molar-refractivity contribution in [1.82, 2.24) is 9.97 Å². The molecule has 4 rings (SSSR count). The second-order valence-corrected chi connectivity index (χ2v) is 9.49. The number of carbonyl (C=O) groups excluding carboxylic acids is 1. The highest BCUT2D eigenvalue weighted by Gasteiger charge is 2.25. The van der Waals surface area contributed by atoms with Gasteiger partial charge in [0.15, 0.2) is 0 Å². The van der Waals surface area contributed by atoms with Crippen molar-refractivity contribution < 1.29 is 9.53 Å². The number of aryl methyl sites for hydroxylation is 1. The Morgan fingerprint density at radius 1 is 1.06 bits per heavy atom. The molecule has 0 N–H and O–H groups in total. The lowest BCUT2D eigenvalue weighted by Crippen LogP contribution is -2.30. The van der Waals surface area contributed by atoms with Gasteiger partial charge in [-0.25, -0.2) is 9.97 Å². The first-order chi connectivity index (χ1) is 17.6. The highest BCUT2D eigenvalue weighted by molar-refractivity contribution is 6.08. The second kappa shape index (κ2) is 12.5. The minimum absolute atomic E-state index is 0.0244. The van der Waals surface area contributed by atoms with E-state index >= 15 is 0 Å². The molecule has 6 heteroatoms. The zero-order chi connectivity index (χ0) is 25.3. The number of hydrogen-bond acceptors (Lipinski definition) is 5. The minimum atomic E-state index is -0.109. The van der Waals surface area contributed by atoms with E-state index in [0.717, 1.165) is 81.1 Å². The number of carbonyl (C=O) groups is 1. The van der Waals surface area contributed by atoms with Gasteiger partial charge in [-0.15, -0.1) is 0 Å². The Kier molecular flexibility index (Phi) is 8.93. The van der Waals surface area contributed by atoms with Crippen molar-refractivity contribution in [2.75, 3.05) is 29.9 Å². The third-order valence-corrected chi connectivity index (χ3v) is 6.71. The van der Waals surface area contributed by atoms with Crippen LogP contribution in [0.25, 0.3) is 0 Å². The van der Waals surface area contributed by atoms with Crippen LogP contribution in [-0.4, -0.2) is 36.0 Å². The van der Waals surface area contributed by atoms with Crippen molar-refractivity contribution >= 4 is 17.4 Å². The number of ether oxygens (including phenoxy) is 1. The van der Waals surface area contributed by atoms with E-state index in [0.29, 0.717) is 5.56 Å². The van der Waals surface area contributed by atoms with Crippen LogP contribution in [0.5, 0.6) is 5.75 Å². The summed E-state index contributed by atoms with van der Waals surface area (Å²) in [5.41, 5.74) is 2.50. The predicted octanol–water partition coefficient (Wildman–Crippen LogP) is 6.62. The molecule has 1 aromatic heterocycles. The number of anilines is 2. The molecule has 0 aliphatic carbocycles. The lowest BCUT2D eigenvalue weighted by Gasteiger charge is -2.24. The summed E-state index contributed by atoms with van der Waals surface area (Å²) in [7, 11) is 1.81. The summed E-state index contributed by atoms with van der Waals surface area (Å²) in [4.78, 5) is 26.9. The van der Waals surface area contributed by atoms with Gasteiger partial charge in [0.25, 0.3) is 5.91 Å². The van der Waals surface area contributed by atoms with Crippen molar-refractivity contribution in [3.05, 3.63) is 77.7 Å². The standard InChI is InChI=1S/C30H38N4O2/c1-4-6-18-27(23-14-8-7-9-15-23)36-25-17-12-16-24(21-25)33(3)30(35)26-22-31-28(13-5-2)32-29(26)34-19-10-11-20-34/h7-9,12,14-17,21-22,27H,4-6,10-11,13,18-20H2,1-3H3. The molecule has 1 amide bonds. The summed E-state index contributed by atoms with van der Waals surface area (Å²) in [6.07, 6.45) is 8.86. The summed E-state index contributed by atoms with van der Waals surface area (Å²) in [6.45, 7) is 6.16. The zero-order valence-electron chi connectivity index (χ0n) is 21.8. The molecule has 2 heterocycles. The van der Waals surface area contributed by atoms with E-state index in [1.54, 1.807) is 18.1 Å². The average molecular weight is 487 g/mol. The Bertz CT molecular complexity index is 1130. The normalized spacial score (nSPS) is 14.0. The fourth-order valence-corrected chi connectivity index (χ4v) is 4.65. The molecular weight excluding hydrogens is 448 g/mol. The van der Waals surface area contributed by atoms with Crippen molar-refractivity contribution in [2.45, 2.75) is 64.9 Å². The first kappa shape index (κ1) is 25.7. The number of benzene rings is 2. The van der Waals surface area contributed by atoms with Crippen molar-refractivity contribution in [3.8, 4) is 5.75 Å². The Hall–Kier alpha value is -3.41. The highest BCUT2D eigenvalue weighted by Crippen LogP contribution is 2.30. The van der Waals surface area contributed by atoms with Crippen LogP contribution in [0.1, 0.15) is 80.2 Å². The summed E-state index contributed by atoms with van der Waals surface area (Å²) in [5, 5.41) is 0. The lowest BCUT2D eigenvalue weighted by molar-refractivity contribution is 0.0992. The summed E-state index contributed by atoms with van der Waals surface area (Å²) in [5.74, 6) is 2.21. The molecule has 36 heavy (non-hydrogen) atoms. The fraction of sp³-hybridized carbons (Fsp3) is 0.433.